The monoisotopic (exact) mass is 533 g/mol. The van der Waals surface area contributed by atoms with Gasteiger partial charge in [-0.2, -0.15) is 0 Å². The molecule has 0 bridgehead atoms. The molecule has 0 radical (unpaired) electrons. The smallest absolute Gasteiger partial charge is 0.0972 e. The van der Waals surface area contributed by atoms with Crippen LogP contribution in [-0.4, -0.2) is 15.0 Å². The highest BCUT2D eigenvalue weighted by molar-refractivity contribution is 6.25. The van der Waals surface area contributed by atoms with Crippen LogP contribution in [0, 0.1) is 0 Å². The van der Waals surface area contributed by atoms with Crippen LogP contribution in [0.1, 0.15) is 0 Å². The van der Waals surface area contributed by atoms with Crippen molar-refractivity contribution in [1.82, 2.24) is 15.0 Å². The van der Waals surface area contributed by atoms with Gasteiger partial charge in [-0.05, 0) is 73.8 Å². The van der Waals surface area contributed by atoms with E-state index in [1.165, 1.54) is 43.4 Å². The first-order valence-electron chi connectivity index (χ1n) is 14.2. The molecule has 3 heterocycles. The maximum atomic E-state index is 5.20. The molecule has 0 saturated heterocycles. The van der Waals surface area contributed by atoms with E-state index in [0.717, 1.165) is 44.3 Å². The van der Waals surface area contributed by atoms with Gasteiger partial charge < -0.3 is 0 Å². The molecule has 9 aromatic rings. The maximum absolute atomic E-state index is 5.20. The predicted octanol–water partition coefficient (Wildman–Crippen LogP) is 10.1. The summed E-state index contributed by atoms with van der Waals surface area (Å²) in [5.41, 5.74) is 8.22. The minimum atomic E-state index is 0.909. The third-order valence-corrected chi connectivity index (χ3v) is 8.49. The summed E-state index contributed by atoms with van der Waals surface area (Å²) in [6.07, 6.45) is 3.60. The van der Waals surface area contributed by atoms with E-state index in [4.69, 9.17) is 9.97 Å². The Morgan fingerprint density at radius 3 is 1.67 bits per heavy atom. The minimum Gasteiger partial charge on any atom is -0.265 e. The molecule has 3 aromatic heterocycles. The SMILES string of the molecule is c1cc(-c2ccc3ccc4ccc(-c5ccncc5)nc4c3n2)cc(-c2ccc3ccc4cccc5ccc2c3c45)c1. The summed E-state index contributed by atoms with van der Waals surface area (Å²) in [5.74, 6) is 0. The van der Waals surface area contributed by atoms with Crippen LogP contribution in [0.4, 0.5) is 0 Å². The van der Waals surface area contributed by atoms with Gasteiger partial charge in [-0.3, -0.25) is 4.98 Å². The van der Waals surface area contributed by atoms with Gasteiger partial charge in [-0.25, -0.2) is 9.97 Å². The van der Waals surface area contributed by atoms with Crippen molar-refractivity contribution < 1.29 is 0 Å². The third kappa shape index (κ3) is 3.50. The topological polar surface area (TPSA) is 38.7 Å². The van der Waals surface area contributed by atoms with E-state index in [2.05, 4.69) is 120 Å². The molecular formula is C39H23N3. The molecule has 6 aromatic carbocycles. The lowest BCUT2D eigenvalue weighted by atomic mass is 9.89. The summed E-state index contributed by atoms with van der Waals surface area (Å²) in [7, 11) is 0. The Balaban J connectivity index is 1.21. The number of nitrogens with zero attached hydrogens (tertiary/aromatic N) is 3. The lowest BCUT2D eigenvalue weighted by Crippen LogP contribution is -1.91. The molecule has 0 fully saturated rings. The molecule has 0 atom stereocenters. The Kier molecular flexibility index (Phi) is 4.90. The van der Waals surface area contributed by atoms with E-state index >= 15 is 0 Å². The summed E-state index contributed by atoms with van der Waals surface area (Å²) in [5, 5.41) is 9.94. The maximum Gasteiger partial charge on any atom is 0.0972 e. The normalized spacial score (nSPS) is 11.8. The van der Waals surface area contributed by atoms with Crippen LogP contribution in [0.2, 0.25) is 0 Å². The zero-order chi connectivity index (χ0) is 27.6. The molecule has 0 unspecified atom stereocenters. The van der Waals surface area contributed by atoms with E-state index in [9.17, 15) is 0 Å². The highest BCUT2D eigenvalue weighted by Crippen LogP contribution is 2.40. The molecule has 0 amide bonds. The zero-order valence-electron chi connectivity index (χ0n) is 22.6. The van der Waals surface area contributed by atoms with Gasteiger partial charge >= 0.3 is 0 Å². The molecule has 3 nitrogen and oxygen atoms in total. The van der Waals surface area contributed by atoms with Crippen LogP contribution >= 0.6 is 0 Å². The standard InChI is InChI=1S/C39H23N3/c1-3-25-7-8-27-11-15-32(33-16-12-26(4-1)36(25)37(27)33)30-5-2-6-31(23-30)35-18-14-29-10-9-28-13-17-34(24-19-21-40-22-20-24)41-38(28)39(29)42-35/h1-23H. The van der Waals surface area contributed by atoms with Gasteiger partial charge in [0.2, 0.25) is 0 Å². The second-order valence-electron chi connectivity index (χ2n) is 10.9. The third-order valence-electron chi connectivity index (χ3n) is 8.49. The van der Waals surface area contributed by atoms with Crippen molar-refractivity contribution in [2.45, 2.75) is 0 Å². The highest BCUT2D eigenvalue weighted by Gasteiger charge is 2.13. The number of benzene rings is 6. The lowest BCUT2D eigenvalue weighted by Gasteiger charge is -2.15. The lowest BCUT2D eigenvalue weighted by molar-refractivity contribution is 1.31. The fourth-order valence-corrected chi connectivity index (χ4v) is 6.45. The summed E-state index contributed by atoms with van der Waals surface area (Å²) in [6, 6.07) is 45.5. The summed E-state index contributed by atoms with van der Waals surface area (Å²) in [4.78, 5) is 14.4. The van der Waals surface area contributed by atoms with Gasteiger partial charge in [0.1, 0.15) is 0 Å². The fourth-order valence-electron chi connectivity index (χ4n) is 6.45. The van der Waals surface area contributed by atoms with Crippen molar-refractivity contribution >= 4 is 54.1 Å². The minimum absolute atomic E-state index is 0.909. The Hall–Kier alpha value is -5.67. The van der Waals surface area contributed by atoms with Gasteiger partial charge in [0.25, 0.3) is 0 Å². The molecule has 0 spiro atoms. The second kappa shape index (κ2) is 8.92. The zero-order valence-corrected chi connectivity index (χ0v) is 22.6. The number of fused-ring (bicyclic) bond motifs is 3. The van der Waals surface area contributed by atoms with Crippen molar-refractivity contribution in [3.8, 4) is 33.6 Å². The number of aromatic nitrogens is 3. The first kappa shape index (κ1) is 23.1. The van der Waals surface area contributed by atoms with Gasteiger partial charge in [-0.15, -0.1) is 0 Å². The molecular weight excluding hydrogens is 510 g/mol. The summed E-state index contributed by atoms with van der Waals surface area (Å²) in [6.45, 7) is 0. The van der Waals surface area contributed by atoms with Crippen LogP contribution in [0.15, 0.2) is 140 Å². The van der Waals surface area contributed by atoms with Crippen LogP contribution < -0.4 is 0 Å². The fraction of sp³-hybridized carbons (Fsp3) is 0. The molecule has 0 aliphatic carbocycles. The number of rotatable bonds is 3. The quantitative estimate of drug-likeness (QED) is 0.212. The van der Waals surface area contributed by atoms with E-state index in [-0.39, 0.29) is 0 Å². The Morgan fingerprint density at radius 2 is 0.929 bits per heavy atom. The van der Waals surface area contributed by atoms with Crippen LogP contribution in [-0.2, 0) is 0 Å². The van der Waals surface area contributed by atoms with E-state index in [1.54, 1.807) is 12.4 Å². The first-order valence-corrected chi connectivity index (χ1v) is 14.2. The van der Waals surface area contributed by atoms with Crippen molar-refractivity contribution in [3.05, 3.63) is 140 Å². The molecule has 0 aliphatic rings. The van der Waals surface area contributed by atoms with Crippen LogP contribution in [0.25, 0.3) is 87.8 Å². The van der Waals surface area contributed by atoms with Gasteiger partial charge in [0.15, 0.2) is 0 Å². The van der Waals surface area contributed by atoms with Crippen molar-refractivity contribution in [2.24, 2.45) is 0 Å². The molecule has 9 rings (SSSR count). The summed E-state index contributed by atoms with van der Waals surface area (Å²) >= 11 is 0. The highest BCUT2D eigenvalue weighted by atomic mass is 14.8. The van der Waals surface area contributed by atoms with E-state index < -0.39 is 0 Å². The molecule has 42 heavy (non-hydrogen) atoms. The average molecular weight is 534 g/mol. The average Bonchev–Trinajstić information content (AvgIpc) is 3.07. The molecule has 0 aliphatic heterocycles. The van der Waals surface area contributed by atoms with Crippen molar-refractivity contribution in [3.63, 3.8) is 0 Å². The molecule has 194 valence electrons. The molecule has 0 saturated carbocycles. The number of hydrogen-bond donors (Lipinski definition) is 0. The molecule has 3 heteroatoms. The van der Waals surface area contributed by atoms with E-state index in [0.29, 0.717) is 0 Å². The van der Waals surface area contributed by atoms with E-state index in [1.807, 2.05) is 12.1 Å². The van der Waals surface area contributed by atoms with Crippen molar-refractivity contribution in [2.75, 3.05) is 0 Å². The number of pyridine rings is 3. The Labute approximate surface area is 242 Å². The Bertz CT molecular complexity index is 2450. The predicted molar refractivity (Wildman–Crippen MR) is 175 cm³/mol. The Morgan fingerprint density at radius 1 is 0.381 bits per heavy atom. The van der Waals surface area contributed by atoms with Gasteiger partial charge in [0, 0.05) is 34.3 Å². The largest absolute Gasteiger partial charge is 0.265 e. The number of hydrogen-bond acceptors (Lipinski definition) is 3. The molecule has 0 N–H and O–H groups in total. The van der Waals surface area contributed by atoms with Crippen molar-refractivity contribution in [1.29, 1.82) is 0 Å². The second-order valence-corrected chi connectivity index (χ2v) is 10.9. The first-order chi connectivity index (χ1) is 20.8. The van der Waals surface area contributed by atoms with Gasteiger partial charge in [0.05, 0.1) is 22.4 Å². The van der Waals surface area contributed by atoms with Crippen LogP contribution in [0.3, 0.4) is 0 Å². The van der Waals surface area contributed by atoms with Crippen LogP contribution in [0.5, 0.6) is 0 Å². The van der Waals surface area contributed by atoms with Gasteiger partial charge in [-0.1, -0.05) is 97.1 Å². The summed E-state index contributed by atoms with van der Waals surface area (Å²) < 4.78 is 0.